The summed E-state index contributed by atoms with van der Waals surface area (Å²) in [4.78, 5) is 34.1. The van der Waals surface area contributed by atoms with Crippen molar-refractivity contribution >= 4 is 34.7 Å². The number of nitrogens with zero attached hydrogens (tertiary/aromatic N) is 2. The number of carbonyl (C=O) groups excluding carboxylic acids is 2. The minimum atomic E-state index is -4.57. The van der Waals surface area contributed by atoms with Gasteiger partial charge in [0.25, 0.3) is 0 Å². The van der Waals surface area contributed by atoms with Crippen LogP contribution in [0, 0.1) is 5.41 Å². The molecule has 0 spiro atoms. The fraction of sp³-hybridized carbons (Fsp3) is 0.333. The quantitative estimate of drug-likeness (QED) is 0.292. The summed E-state index contributed by atoms with van der Waals surface area (Å²) in [6, 6.07) is 10.3. The molecule has 0 radical (unpaired) electrons. The van der Waals surface area contributed by atoms with E-state index in [0.29, 0.717) is 29.8 Å². The molecule has 4 rings (SSSR count). The van der Waals surface area contributed by atoms with Crippen LogP contribution in [0.25, 0.3) is 0 Å². The van der Waals surface area contributed by atoms with Gasteiger partial charge in [-0.3, -0.25) is 19.6 Å². The Morgan fingerprint density at radius 2 is 1.76 bits per heavy atom. The number of halogens is 4. The van der Waals surface area contributed by atoms with Crippen molar-refractivity contribution in [3.63, 3.8) is 0 Å². The van der Waals surface area contributed by atoms with Crippen LogP contribution >= 0.6 is 11.6 Å². The Hall–Kier alpha value is -3.46. The number of benzene rings is 1. The van der Waals surface area contributed by atoms with Gasteiger partial charge in [-0.25, -0.2) is 0 Å². The summed E-state index contributed by atoms with van der Waals surface area (Å²) in [5.74, 6) is -0.325. The maximum absolute atomic E-state index is 13.3. The van der Waals surface area contributed by atoms with E-state index in [1.165, 1.54) is 18.3 Å². The predicted octanol–water partition coefficient (Wildman–Crippen LogP) is 6.51. The van der Waals surface area contributed by atoms with Crippen molar-refractivity contribution in [1.82, 2.24) is 15.3 Å². The lowest BCUT2D eigenvalue weighted by molar-refractivity contribution is -0.137. The van der Waals surface area contributed by atoms with Crippen molar-refractivity contribution in [2.24, 2.45) is 5.41 Å². The second kappa shape index (κ2) is 10.9. The van der Waals surface area contributed by atoms with Gasteiger partial charge in [0.1, 0.15) is 0 Å². The second-order valence-electron chi connectivity index (χ2n) is 9.20. The Bertz CT molecular complexity index is 1270. The number of amides is 1. The molecule has 10 heteroatoms. The van der Waals surface area contributed by atoms with E-state index < -0.39 is 17.2 Å². The third kappa shape index (κ3) is 6.65. The van der Waals surface area contributed by atoms with E-state index in [0.717, 1.165) is 24.6 Å². The van der Waals surface area contributed by atoms with E-state index in [1.807, 2.05) is 6.07 Å². The zero-order valence-electron chi connectivity index (χ0n) is 20.2. The molecule has 1 aromatic carbocycles. The van der Waals surface area contributed by atoms with Gasteiger partial charge in [-0.15, -0.1) is 0 Å². The lowest BCUT2D eigenvalue weighted by Crippen LogP contribution is -2.33. The third-order valence-electron chi connectivity index (χ3n) is 6.31. The van der Waals surface area contributed by atoms with Crippen molar-refractivity contribution in [3.05, 3.63) is 82.4 Å². The van der Waals surface area contributed by atoms with Crippen LogP contribution in [0.5, 0.6) is 0 Å². The van der Waals surface area contributed by atoms with Crippen molar-refractivity contribution < 1.29 is 22.8 Å². The number of hydrogen-bond acceptors (Lipinski definition) is 5. The van der Waals surface area contributed by atoms with Crippen LogP contribution in [-0.4, -0.2) is 21.7 Å². The van der Waals surface area contributed by atoms with Gasteiger partial charge in [-0.1, -0.05) is 24.9 Å². The number of alkyl halides is 3. The average molecular weight is 531 g/mol. The Balaban J connectivity index is 1.33. The molecule has 0 atom stereocenters. The number of hydrogen-bond donors (Lipinski definition) is 2. The minimum absolute atomic E-state index is 0.0150. The van der Waals surface area contributed by atoms with Gasteiger partial charge in [0.05, 0.1) is 40.8 Å². The molecule has 0 unspecified atom stereocenters. The minimum Gasteiger partial charge on any atom is -0.354 e. The normalized spacial score (nSPS) is 14.2. The molecule has 0 bridgehead atoms. The molecule has 2 heterocycles. The summed E-state index contributed by atoms with van der Waals surface area (Å²) >= 11 is 5.72. The maximum Gasteiger partial charge on any atom is 0.418 e. The highest BCUT2D eigenvalue weighted by atomic mass is 35.5. The molecular weight excluding hydrogens is 505 g/mol. The Labute approximate surface area is 217 Å². The van der Waals surface area contributed by atoms with Crippen molar-refractivity contribution in [2.45, 2.75) is 51.7 Å². The van der Waals surface area contributed by atoms with Crippen LogP contribution in [0.4, 0.5) is 24.5 Å². The van der Waals surface area contributed by atoms with Gasteiger partial charge in [0, 0.05) is 28.9 Å². The summed E-state index contributed by atoms with van der Waals surface area (Å²) < 4.78 is 39.9. The van der Waals surface area contributed by atoms with Gasteiger partial charge in [-0.2, -0.15) is 13.2 Å². The van der Waals surface area contributed by atoms with Gasteiger partial charge in [0.15, 0.2) is 5.78 Å². The van der Waals surface area contributed by atoms with E-state index in [4.69, 9.17) is 11.6 Å². The van der Waals surface area contributed by atoms with E-state index in [9.17, 15) is 22.8 Å². The highest BCUT2D eigenvalue weighted by Crippen LogP contribution is 2.49. The number of carbonyl (C=O) groups is 2. The lowest BCUT2D eigenvalue weighted by atomic mass is 9.95. The Morgan fingerprint density at radius 1 is 1.03 bits per heavy atom. The molecule has 1 fully saturated rings. The topological polar surface area (TPSA) is 84.0 Å². The lowest BCUT2D eigenvalue weighted by Gasteiger charge is -2.16. The predicted molar refractivity (Wildman–Crippen MR) is 135 cm³/mol. The number of Topliss-reactive ketones (excluding diaryl/α,β-unsaturated/α-hetero) is 1. The molecule has 0 aliphatic heterocycles. The standard InChI is InChI=1S/C27H26ClF3N4O2/c1-2-3-19-6-4-17(14-32-19)24(36)13-26(10-11-26)25(37)34-15-20-7-8-21(16-33-20)35-23-9-5-18(28)12-22(23)27(29,30)31/h4-9,12,14,16,35H,2-3,10-11,13,15H2,1H3,(H,34,37). The Kier molecular flexibility index (Phi) is 7.82. The third-order valence-corrected chi connectivity index (χ3v) is 6.54. The molecule has 3 aromatic rings. The van der Waals surface area contributed by atoms with Crippen molar-refractivity contribution in [3.8, 4) is 0 Å². The number of aryl methyl sites for hydroxylation is 1. The van der Waals surface area contributed by atoms with Crippen LogP contribution in [-0.2, 0) is 23.9 Å². The van der Waals surface area contributed by atoms with E-state index in [1.54, 1.807) is 24.4 Å². The molecule has 1 saturated carbocycles. The molecule has 194 valence electrons. The van der Waals surface area contributed by atoms with Crippen LogP contribution in [0.15, 0.2) is 54.9 Å². The number of pyridine rings is 2. The summed E-state index contributed by atoms with van der Waals surface area (Å²) in [7, 11) is 0. The smallest absolute Gasteiger partial charge is 0.354 e. The zero-order chi connectivity index (χ0) is 26.6. The highest BCUT2D eigenvalue weighted by molar-refractivity contribution is 6.30. The van der Waals surface area contributed by atoms with E-state index in [2.05, 4.69) is 27.5 Å². The average Bonchev–Trinajstić information content (AvgIpc) is 3.65. The van der Waals surface area contributed by atoms with Crippen molar-refractivity contribution in [1.29, 1.82) is 0 Å². The number of aromatic nitrogens is 2. The monoisotopic (exact) mass is 530 g/mol. The molecule has 1 aliphatic rings. The fourth-order valence-corrected chi connectivity index (χ4v) is 4.19. The first-order chi connectivity index (χ1) is 17.6. The second-order valence-corrected chi connectivity index (χ2v) is 9.64. The van der Waals surface area contributed by atoms with Crippen LogP contribution in [0.2, 0.25) is 5.02 Å². The summed E-state index contributed by atoms with van der Waals surface area (Å²) in [6.45, 7) is 2.20. The first-order valence-corrected chi connectivity index (χ1v) is 12.3. The van der Waals surface area contributed by atoms with Gasteiger partial charge in [-0.05, 0) is 61.7 Å². The molecule has 2 N–H and O–H groups in total. The van der Waals surface area contributed by atoms with E-state index >= 15 is 0 Å². The van der Waals surface area contributed by atoms with Gasteiger partial charge < -0.3 is 10.6 Å². The molecule has 0 saturated heterocycles. The van der Waals surface area contributed by atoms with Gasteiger partial charge >= 0.3 is 6.18 Å². The summed E-state index contributed by atoms with van der Waals surface area (Å²) in [5, 5.41) is 5.53. The molecule has 2 aromatic heterocycles. The number of anilines is 2. The van der Waals surface area contributed by atoms with Crippen LogP contribution in [0.3, 0.4) is 0 Å². The summed E-state index contributed by atoms with van der Waals surface area (Å²) in [6.07, 6.45) is 1.59. The molecular formula is C27H26ClF3N4O2. The van der Waals surface area contributed by atoms with Gasteiger partial charge in [0.2, 0.25) is 5.91 Å². The number of ketones is 1. The zero-order valence-corrected chi connectivity index (χ0v) is 20.9. The first kappa shape index (κ1) is 26.6. The van der Waals surface area contributed by atoms with Crippen LogP contribution in [0.1, 0.15) is 59.9 Å². The molecule has 1 aliphatic carbocycles. The Morgan fingerprint density at radius 3 is 2.35 bits per heavy atom. The SMILES string of the molecule is CCCc1ccc(C(=O)CC2(C(=O)NCc3ccc(Nc4ccc(Cl)cc4C(F)(F)F)cn3)CC2)cn1. The molecule has 6 nitrogen and oxygen atoms in total. The number of nitrogens with one attached hydrogen (secondary N) is 2. The molecule has 1 amide bonds. The summed E-state index contributed by atoms with van der Waals surface area (Å²) in [5.41, 5.74) is 0.570. The number of rotatable bonds is 10. The largest absolute Gasteiger partial charge is 0.418 e. The maximum atomic E-state index is 13.3. The van der Waals surface area contributed by atoms with Crippen LogP contribution < -0.4 is 10.6 Å². The fourth-order valence-electron chi connectivity index (χ4n) is 4.01. The molecule has 37 heavy (non-hydrogen) atoms. The first-order valence-electron chi connectivity index (χ1n) is 11.9. The van der Waals surface area contributed by atoms with Crippen molar-refractivity contribution in [2.75, 3.05) is 5.32 Å². The van der Waals surface area contributed by atoms with E-state index in [-0.39, 0.29) is 35.4 Å². The highest BCUT2D eigenvalue weighted by Gasteiger charge is 2.51.